The van der Waals surface area contributed by atoms with Crippen molar-refractivity contribution in [2.24, 2.45) is 19.5 Å². The van der Waals surface area contributed by atoms with Crippen molar-refractivity contribution < 1.29 is 9.53 Å². The summed E-state index contributed by atoms with van der Waals surface area (Å²) in [5, 5.41) is 1.90. The minimum atomic E-state index is -0.426. The molecule has 0 fully saturated rings. The summed E-state index contributed by atoms with van der Waals surface area (Å²) in [5.41, 5.74) is 1.85. The van der Waals surface area contributed by atoms with Gasteiger partial charge in [-0.2, -0.15) is 0 Å². The van der Waals surface area contributed by atoms with Gasteiger partial charge >= 0.3 is 11.7 Å². The topological polar surface area (TPSA) is 88.1 Å². The first kappa shape index (κ1) is 19.6. The lowest BCUT2D eigenvalue weighted by Crippen LogP contribution is -2.37. The molecule has 0 saturated carbocycles. The van der Waals surface area contributed by atoms with Gasteiger partial charge in [0, 0.05) is 24.4 Å². The van der Waals surface area contributed by atoms with Crippen LogP contribution in [-0.4, -0.2) is 31.3 Å². The molecular weight excluding hydrogens is 392 g/mol. The number of aromatic nitrogens is 4. The maximum absolute atomic E-state index is 12.6. The number of esters is 1. The SMILES string of the molecule is Cn1c(=O)c2c(ncn2CCOC(=O)c2csc3c2CCC(C)(C)C3)n(C)c1=O. The smallest absolute Gasteiger partial charge is 0.339 e. The van der Waals surface area contributed by atoms with Gasteiger partial charge in [-0.1, -0.05) is 13.8 Å². The van der Waals surface area contributed by atoms with E-state index in [0.29, 0.717) is 16.7 Å². The average Bonchev–Trinajstić information content (AvgIpc) is 3.27. The fourth-order valence-corrected chi connectivity index (χ4v) is 5.21. The third kappa shape index (κ3) is 3.33. The van der Waals surface area contributed by atoms with E-state index in [2.05, 4.69) is 18.8 Å². The second-order valence-corrected chi connectivity index (χ2v) is 9.31. The number of hydrogen-bond acceptors (Lipinski definition) is 6. The predicted octanol–water partition coefficient (Wildman–Crippen LogP) is 1.87. The molecule has 0 unspecified atom stereocenters. The van der Waals surface area contributed by atoms with Gasteiger partial charge in [-0.15, -0.1) is 11.3 Å². The van der Waals surface area contributed by atoms with Crippen LogP contribution >= 0.6 is 11.3 Å². The molecule has 4 rings (SSSR count). The second kappa shape index (κ2) is 6.98. The Kier molecular flexibility index (Phi) is 4.72. The Morgan fingerprint density at radius 2 is 2.03 bits per heavy atom. The van der Waals surface area contributed by atoms with Crippen molar-refractivity contribution in [2.75, 3.05) is 6.61 Å². The lowest BCUT2D eigenvalue weighted by atomic mass is 9.77. The molecule has 3 heterocycles. The lowest BCUT2D eigenvalue weighted by Gasteiger charge is -2.29. The highest BCUT2D eigenvalue weighted by atomic mass is 32.1. The molecule has 0 bridgehead atoms. The number of aryl methyl sites for hydroxylation is 1. The van der Waals surface area contributed by atoms with Gasteiger partial charge in [0.25, 0.3) is 5.56 Å². The fourth-order valence-electron chi connectivity index (χ4n) is 3.88. The average molecular weight is 417 g/mol. The van der Waals surface area contributed by atoms with E-state index in [-0.39, 0.29) is 24.5 Å². The first-order chi connectivity index (χ1) is 13.7. The first-order valence-corrected chi connectivity index (χ1v) is 10.4. The highest BCUT2D eigenvalue weighted by molar-refractivity contribution is 7.10. The zero-order valence-electron chi connectivity index (χ0n) is 17.0. The van der Waals surface area contributed by atoms with E-state index in [9.17, 15) is 14.4 Å². The van der Waals surface area contributed by atoms with Crippen LogP contribution < -0.4 is 11.2 Å². The van der Waals surface area contributed by atoms with Crippen LogP contribution in [0.3, 0.4) is 0 Å². The molecule has 9 heteroatoms. The van der Waals surface area contributed by atoms with Gasteiger partial charge in [0.1, 0.15) is 6.61 Å². The van der Waals surface area contributed by atoms with Crippen LogP contribution in [0, 0.1) is 5.41 Å². The number of hydrogen-bond donors (Lipinski definition) is 0. The Morgan fingerprint density at radius 3 is 2.79 bits per heavy atom. The number of fused-ring (bicyclic) bond motifs is 2. The van der Waals surface area contributed by atoms with E-state index in [1.165, 1.54) is 22.8 Å². The van der Waals surface area contributed by atoms with Crippen LogP contribution in [0.25, 0.3) is 11.2 Å². The number of nitrogens with zero attached hydrogens (tertiary/aromatic N) is 4. The molecular formula is C20H24N4O4S. The third-order valence-corrected chi connectivity index (χ3v) is 6.70. The van der Waals surface area contributed by atoms with E-state index in [1.807, 2.05) is 5.38 Å². The minimum absolute atomic E-state index is 0.117. The van der Waals surface area contributed by atoms with Crippen molar-refractivity contribution in [1.82, 2.24) is 18.7 Å². The molecule has 0 spiro atoms. The lowest BCUT2D eigenvalue weighted by molar-refractivity contribution is 0.0491. The quantitative estimate of drug-likeness (QED) is 0.606. The molecule has 0 saturated heterocycles. The number of carbonyl (C=O) groups excluding carboxylic acids is 1. The van der Waals surface area contributed by atoms with E-state index >= 15 is 0 Å². The molecule has 29 heavy (non-hydrogen) atoms. The summed E-state index contributed by atoms with van der Waals surface area (Å²) in [6, 6.07) is 0. The highest BCUT2D eigenvalue weighted by Crippen LogP contribution is 2.39. The molecule has 0 amide bonds. The predicted molar refractivity (Wildman–Crippen MR) is 111 cm³/mol. The molecule has 8 nitrogen and oxygen atoms in total. The van der Waals surface area contributed by atoms with Gasteiger partial charge in [0.2, 0.25) is 0 Å². The maximum atomic E-state index is 12.6. The molecule has 0 atom stereocenters. The summed E-state index contributed by atoms with van der Waals surface area (Å²) in [6.45, 7) is 4.91. The largest absolute Gasteiger partial charge is 0.460 e. The Hall–Kier alpha value is -2.68. The number of imidazole rings is 1. The Balaban J connectivity index is 1.49. The van der Waals surface area contributed by atoms with Crippen molar-refractivity contribution in [3.8, 4) is 0 Å². The molecule has 3 aromatic rings. The Bertz CT molecular complexity index is 1230. The molecule has 0 aliphatic heterocycles. The van der Waals surface area contributed by atoms with Gasteiger partial charge in [0.05, 0.1) is 18.4 Å². The first-order valence-electron chi connectivity index (χ1n) is 9.57. The standard InChI is InChI=1S/C20H24N4O4S/c1-20(2)6-5-12-13(10-29-14(12)9-20)18(26)28-8-7-24-11-21-16-15(24)17(25)23(4)19(27)22(16)3/h10-11H,5-9H2,1-4H3. The third-order valence-electron chi connectivity index (χ3n) is 5.67. The van der Waals surface area contributed by atoms with E-state index < -0.39 is 11.2 Å². The summed E-state index contributed by atoms with van der Waals surface area (Å²) in [5.74, 6) is -0.327. The van der Waals surface area contributed by atoms with Crippen LogP contribution in [0.5, 0.6) is 0 Å². The Morgan fingerprint density at radius 1 is 1.28 bits per heavy atom. The number of carbonyl (C=O) groups is 1. The maximum Gasteiger partial charge on any atom is 0.339 e. The molecule has 0 radical (unpaired) electrons. The zero-order chi connectivity index (χ0) is 20.9. The summed E-state index contributed by atoms with van der Waals surface area (Å²) >= 11 is 1.63. The van der Waals surface area contributed by atoms with Crippen molar-refractivity contribution in [3.05, 3.63) is 48.5 Å². The van der Waals surface area contributed by atoms with Crippen molar-refractivity contribution in [2.45, 2.75) is 39.7 Å². The zero-order valence-corrected chi connectivity index (χ0v) is 17.8. The van der Waals surface area contributed by atoms with Crippen LogP contribution in [0.1, 0.15) is 41.1 Å². The van der Waals surface area contributed by atoms with Gasteiger partial charge in [0.15, 0.2) is 11.2 Å². The summed E-state index contributed by atoms with van der Waals surface area (Å²) in [6.07, 6.45) is 4.43. The van der Waals surface area contributed by atoms with Crippen LogP contribution in [0.15, 0.2) is 21.3 Å². The minimum Gasteiger partial charge on any atom is -0.460 e. The highest BCUT2D eigenvalue weighted by Gasteiger charge is 2.30. The van der Waals surface area contributed by atoms with Gasteiger partial charge in [-0.05, 0) is 30.2 Å². The van der Waals surface area contributed by atoms with Crippen molar-refractivity contribution in [3.63, 3.8) is 0 Å². The van der Waals surface area contributed by atoms with Crippen molar-refractivity contribution >= 4 is 28.5 Å². The van der Waals surface area contributed by atoms with Gasteiger partial charge in [-0.3, -0.25) is 13.9 Å². The van der Waals surface area contributed by atoms with E-state index in [4.69, 9.17) is 4.74 Å². The number of rotatable bonds is 4. The van der Waals surface area contributed by atoms with E-state index in [1.54, 1.807) is 23.0 Å². The van der Waals surface area contributed by atoms with E-state index in [0.717, 1.165) is 29.4 Å². The number of thiophene rings is 1. The molecule has 3 aromatic heterocycles. The Labute approximate surface area is 171 Å². The van der Waals surface area contributed by atoms with Crippen LogP contribution in [0.4, 0.5) is 0 Å². The molecule has 0 aromatic carbocycles. The molecule has 154 valence electrons. The molecule has 0 N–H and O–H groups in total. The molecule has 1 aliphatic carbocycles. The summed E-state index contributed by atoms with van der Waals surface area (Å²) in [7, 11) is 3.00. The second-order valence-electron chi connectivity index (χ2n) is 8.34. The molecule has 1 aliphatic rings. The summed E-state index contributed by atoms with van der Waals surface area (Å²) < 4.78 is 9.49. The monoisotopic (exact) mass is 416 g/mol. The van der Waals surface area contributed by atoms with Gasteiger partial charge < -0.3 is 9.30 Å². The number of ether oxygens (including phenoxy) is 1. The fraction of sp³-hybridized carbons (Fsp3) is 0.500. The van der Waals surface area contributed by atoms with Crippen LogP contribution in [0.2, 0.25) is 0 Å². The van der Waals surface area contributed by atoms with Crippen molar-refractivity contribution in [1.29, 1.82) is 0 Å². The van der Waals surface area contributed by atoms with Gasteiger partial charge in [-0.25, -0.2) is 14.6 Å². The summed E-state index contributed by atoms with van der Waals surface area (Å²) in [4.78, 5) is 42.5. The normalized spacial score (nSPS) is 15.4. The van der Waals surface area contributed by atoms with Crippen LogP contribution in [-0.2, 0) is 38.2 Å².